The van der Waals surface area contributed by atoms with Gasteiger partial charge < -0.3 is 15.2 Å². The van der Waals surface area contributed by atoms with E-state index in [1.165, 1.54) is 19.2 Å². The number of alkyl halides is 1. The van der Waals surface area contributed by atoms with E-state index >= 15 is 0 Å². The highest BCUT2D eigenvalue weighted by atomic mass is 19.1. The summed E-state index contributed by atoms with van der Waals surface area (Å²) in [6, 6.07) is 2.49. The molecule has 1 aromatic carbocycles. The van der Waals surface area contributed by atoms with Crippen LogP contribution in [0.4, 0.5) is 8.78 Å². The Kier molecular flexibility index (Phi) is 5.03. The largest absolute Gasteiger partial charge is 0.494 e. The molecule has 1 unspecified atom stereocenters. The van der Waals surface area contributed by atoms with Crippen LogP contribution in [0, 0.1) is 5.82 Å². The first-order chi connectivity index (χ1) is 8.51. The highest BCUT2D eigenvalue weighted by molar-refractivity contribution is 5.75. The number of rotatable bonds is 5. The average molecular weight is 259 g/mol. The lowest BCUT2D eigenvalue weighted by atomic mass is 10.0. The van der Waals surface area contributed by atoms with Gasteiger partial charge in [0.15, 0.2) is 11.6 Å². The Bertz CT molecular complexity index is 426. The van der Waals surface area contributed by atoms with Crippen molar-refractivity contribution in [1.82, 2.24) is 0 Å². The molecule has 0 bridgehead atoms. The number of carbonyl (C=O) groups excluding carboxylic acids is 1. The second-order valence-corrected chi connectivity index (χ2v) is 3.57. The Labute approximate surface area is 104 Å². The van der Waals surface area contributed by atoms with Gasteiger partial charge in [-0.1, -0.05) is 6.07 Å². The molecule has 0 spiro atoms. The molecule has 1 aromatic rings. The predicted octanol–water partition coefficient (Wildman–Crippen LogP) is 1.74. The van der Waals surface area contributed by atoms with Crippen LogP contribution in [-0.4, -0.2) is 25.9 Å². The number of methoxy groups -OCH3 is 1. The Balaban J connectivity index is 2.86. The van der Waals surface area contributed by atoms with E-state index in [-0.39, 0.29) is 17.9 Å². The summed E-state index contributed by atoms with van der Waals surface area (Å²) in [6.45, 7) is 1.62. The van der Waals surface area contributed by atoms with Crippen molar-refractivity contribution >= 4 is 5.97 Å². The van der Waals surface area contributed by atoms with Crippen molar-refractivity contribution in [3.8, 4) is 5.75 Å². The molecule has 0 fully saturated rings. The van der Waals surface area contributed by atoms with E-state index in [9.17, 15) is 13.6 Å². The molecule has 2 atom stereocenters. The monoisotopic (exact) mass is 259 g/mol. The molecular formula is C12H15F2NO3. The molecule has 2 N–H and O–H groups in total. The topological polar surface area (TPSA) is 61.5 Å². The summed E-state index contributed by atoms with van der Waals surface area (Å²) in [5.74, 6) is -1.69. The second kappa shape index (κ2) is 6.30. The van der Waals surface area contributed by atoms with Crippen molar-refractivity contribution in [2.75, 3.05) is 13.7 Å². The van der Waals surface area contributed by atoms with Gasteiger partial charge in [-0.25, -0.2) is 13.6 Å². The summed E-state index contributed by atoms with van der Waals surface area (Å²) >= 11 is 0. The first-order valence-corrected chi connectivity index (χ1v) is 5.41. The molecule has 0 heterocycles. The summed E-state index contributed by atoms with van der Waals surface area (Å²) in [4.78, 5) is 11.2. The van der Waals surface area contributed by atoms with E-state index in [4.69, 9.17) is 10.5 Å². The number of nitrogens with two attached hydrogens (primary N) is 1. The van der Waals surface area contributed by atoms with Gasteiger partial charge in [0.2, 0.25) is 6.17 Å². The van der Waals surface area contributed by atoms with E-state index in [0.717, 1.165) is 6.07 Å². The normalized spacial score (nSPS) is 13.8. The Hall–Kier alpha value is -1.69. The molecule has 0 aliphatic rings. The van der Waals surface area contributed by atoms with Crippen LogP contribution in [0.15, 0.2) is 18.2 Å². The molecule has 1 rings (SSSR count). The third kappa shape index (κ3) is 3.16. The minimum atomic E-state index is -2.03. The smallest absolute Gasteiger partial charge is 0.342 e. The zero-order valence-corrected chi connectivity index (χ0v) is 10.2. The fourth-order valence-corrected chi connectivity index (χ4v) is 1.43. The molecular weight excluding hydrogens is 244 g/mol. The maximum absolute atomic E-state index is 13.6. The summed E-state index contributed by atoms with van der Waals surface area (Å²) in [7, 11) is 1.31. The van der Waals surface area contributed by atoms with Crippen molar-refractivity contribution in [2.24, 2.45) is 5.73 Å². The van der Waals surface area contributed by atoms with Crippen molar-refractivity contribution in [2.45, 2.75) is 19.1 Å². The van der Waals surface area contributed by atoms with E-state index in [0.29, 0.717) is 0 Å². The van der Waals surface area contributed by atoms with Gasteiger partial charge in [-0.2, -0.15) is 0 Å². The van der Waals surface area contributed by atoms with E-state index in [1.54, 1.807) is 6.92 Å². The Morgan fingerprint density at radius 3 is 2.67 bits per heavy atom. The Morgan fingerprint density at radius 2 is 2.17 bits per heavy atom. The third-order valence-electron chi connectivity index (χ3n) is 2.39. The van der Waals surface area contributed by atoms with Crippen LogP contribution in [-0.2, 0) is 9.53 Å². The number of carbonyl (C=O) groups is 1. The van der Waals surface area contributed by atoms with Crippen LogP contribution < -0.4 is 10.5 Å². The number of benzene rings is 1. The van der Waals surface area contributed by atoms with E-state index in [1.807, 2.05) is 0 Å². The lowest BCUT2D eigenvalue weighted by Gasteiger charge is -2.16. The minimum Gasteiger partial charge on any atom is -0.494 e. The van der Waals surface area contributed by atoms with Gasteiger partial charge in [-0.3, -0.25) is 0 Å². The number of esters is 1. The highest BCUT2D eigenvalue weighted by Gasteiger charge is 2.28. The van der Waals surface area contributed by atoms with E-state index in [2.05, 4.69) is 4.74 Å². The lowest BCUT2D eigenvalue weighted by molar-refractivity contribution is -0.149. The summed E-state index contributed by atoms with van der Waals surface area (Å²) < 4.78 is 36.3. The summed E-state index contributed by atoms with van der Waals surface area (Å²) in [5.41, 5.74) is 5.71. The zero-order valence-electron chi connectivity index (χ0n) is 10.2. The van der Waals surface area contributed by atoms with Crippen molar-refractivity contribution in [3.63, 3.8) is 0 Å². The minimum absolute atomic E-state index is 0.0255. The fraction of sp³-hybridized carbons (Fsp3) is 0.417. The molecule has 0 radical (unpaired) electrons. The van der Waals surface area contributed by atoms with Crippen LogP contribution in [0.5, 0.6) is 5.75 Å². The molecule has 100 valence electrons. The molecule has 0 aromatic heterocycles. The summed E-state index contributed by atoms with van der Waals surface area (Å²) in [6.07, 6.45) is -2.03. The summed E-state index contributed by atoms with van der Waals surface area (Å²) in [5, 5.41) is 0. The molecule has 0 saturated heterocycles. The van der Waals surface area contributed by atoms with Gasteiger partial charge in [0.25, 0.3) is 0 Å². The van der Waals surface area contributed by atoms with Gasteiger partial charge in [-0.15, -0.1) is 0 Å². The van der Waals surface area contributed by atoms with Gasteiger partial charge in [0.05, 0.1) is 19.8 Å². The first-order valence-electron chi connectivity index (χ1n) is 5.41. The number of hydrogen-bond donors (Lipinski definition) is 1. The molecule has 0 amide bonds. The van der Waals surface area contributed by atoms with Crippen LogP contribution in [0.25, 0.3) is 0 Å². The van der Waals surface area contributed by atoms with Gasteiger partial charge in [0.1, 0.15) is 0 Å². The molecule has 0 aliphatic carbocycles. The third-order valence-corrected chi connectivity index (χ3v) is 2.39. The Morgan fingerprint density at radius 1 is 1.50 bits per heavy atom. The van der Waals surface area contributed by atoms with Gasteiger partial charge in [0, 0.05) is 0 Å². The second-order valence-electron chi connectivity index (χ2n) is 3.57. The maximum atomic E-state index is 13.6. The molecule has 4 nitrogen and oxygen atoms in total. The van der Waals surface area contributed by atoms with Crippen LogP contribution in [0.1, 0.15) is 18.5 Å². The van der Waals surface area contributed by atoms with Crippen molar-refractivity contribution in [1.29, 1.82) is 0 Å². The standard InChI is InChI=1S/C12H15F2NO3/c1-3-18-12(16)10(14)11(15)7-4-5-9(17-2)8(13)6-7/h4-6,10-11H,3,15H2,1-2H3/t10?,11-/m1/s1. The average Bonchev–Trinajstić information content (AvgIpc) is 2.37. The number of hydrogen-bond acceptors (Lipinski definition) is 4. The number of halogens is 2. The highest BCUT2D eigenvalue weighted by Crippen LogP contribution is 2.24. The van der Waals surface area contributed by atoms with Crippen LogP contribution in [0.2, 0.25) is 0 Å². The molecule has 18 heavy (non-hydrogen) atoms. The first kappa shape index (κ1) is 14.4. The van der Waals surface area contributed by atoms with Crippen LogP contribution in [0.3, 0.4) is 0 Å². The number of ether oxygens (including phenoxy) is 2. The zero-order chi connectivity index (χ0) is 13.7. The molecule has 0 saturated carbocycles. The van der Waals surface area contributed by atoms with Crippen LogP contribution >= 0.6 is 0 Å². The lowest BCUT2D eigenvalue weighted by Crippen LogP contribution is -2.31. The van der Waals surface area contributed by atoms with Gasteiger partial charge in [-0.05, 0) is 24.6 Å². The molecule has 0 aliphatic heterocycles. The maximum Gasteiger partial charge on any atom is 0.342 e. The SMILES string of the molecule is CCOC(=O)C(F)[C@H](N)c1ccc(OC)c(F)c1. The fourth-order valence-electron chi connectivity index (χ4n) is 1.43. The van der Waals surface area contributed by atoms with E-state index < -0.39 is 24.0 Å². The molecule has 6 heteroatoms. The quantitative estimate of drug-likeness (QED) is 0.818. The predicted molar refractivity (Wildman–Crippen MR) is 61.4 cm³/mol. The van der Waals surface area contributed by atoms with Crippen molar-refractivity contribution in [3.05, 3.63) is 29.6 Å². The van der Waals surface area contributed by atoms with Gasteiger partial charge >= 0.3 is 5.97 Å². The van der Waals surface area contributed by atoms with Crippen molar-refractivity contribution < 1.29 is 23.0 Å².